The molecule has 0 saturated heterocycles. The van der Waals surface area contributed by atoms with Gasteiger partial charge < -0.3 is 16.0 Å². The Balaban J connectivity index is 2.34. The minimum Gasteiger partial charge on any atom is -0.361 e. The summed E-state index contributed by atoms with van der Waals surface area (Å²) in [5, 5.41) is 3.69. The second-order valence-corrected chi connectivity index (χ2v) is 3.29. The van der Waals surface area contributed by atoms with E-state index < -0.39 is 0 Å². The highest BCUT2D eigenvalue weighted by Crippen LogP contribution is 2.16. The minimum atomic E-state index is -0.0781. The molecule has 0 aliphatic rings. The standard InChI is InChI=1S/C11H13N3O/c12-5-7-14-11(15)9-2-1-3-10-8(9)4-6-13-10/h1-4,6,13H,5,7,12H2,(H,14,15). The van der Waals surface area contributed by atoms with Crippen molar-refractivity contribution in [2.45, 2.75) is 0 Å². The Morgan fingerprint density at radius 2 is 2.27 bits per heavy atom. The molecular weight excluding hydrogens is 190 g/mol. The van der Waals surface area contributed by atoms with Gasteiger partial charge in [0.05, 0.1) is 0 Å². The van der Waals surface area contributed by atoms with Gasteiger partial charge in [0.2, 0.25) is 0 Å². The lowest BCUT2D eigenvalue weighted by Gasteiger charge is -2.04. The van der Waals surface area contributed by atoms with Crippen LogP contribution in [0.5, 0.6) is 0 Å². The largest absolute Gasteiger partial charge is 0.361 e. The van der Waals surface area contributed by atoms with Gasteiger partial charge in [-0.25, -0.2) is 0 Å². The van der Waals surface area contributed by atoms with Crippen molar-refractivity contribution in [2.24, 2.45) is 5.73 Å². The molecule has 0 spiro atoms. The third kappa shape index (κ3) is 1.85. The second kappa shape index (κ2) is 4.14. The average Bonchev–Trinajstić information content (AvgIpc) is 2.73. The molecule has 4 heteroatoms. The number of rotatable bonds is 3. The first kappa shape index (κ1) is 9.73. The number of carbonyl (C=O) groups is 1. The van der Waals surface area contributed by atoms with Gasteiger partial charge >= 0.3 is 0 Å². The fourth-order valence-corrected chi connectivity index (χ4v) is 1.56. The second-order valence-electron chi connectivity index (χ2n) is 3.29. The normalized spacial score (nSPS) is 10.5. The van der Waals surface area contributed by atoms with E-state index in [1.807, 2.05) is 30.5 Å². The molecule has 4 nitrogen and oxygen atoms in total. The molecule has 2 rings (SSSR count). The van der Waals surface area contributed by atoms with Crippen LogP contribution >= 0.6 is 0 Å². The summed E-state index contributed by atoms with van der Waals surface area (Å²) >= 11 is 0. The third-order valence-corrected chi connectivity index (χ3v) is 2.27. The molecule has 78 valence electrons. The highest BCUT2D eigenvalue weighted by Gasteiger charge is 2.08. The van der Waals surface area contributed by atoms with Gasteiger partial charge in [-0.1, -0.05) is 6.07 Å². The van der Waals surface area contributed by atoms with Crippen molar-refractivity contribution in [1.29, 1.82) is 0 Å². The van der Waals surface area contributed by atoms with Crippen LogP contribution in [0.15, 0.2) is 30.5 Å². The van der Waals surface area contributed by atoms with E-state index in [-0.39, 0.29) is 5.91 Å². The number of hydrogen-bond acceptors (Lipinski definition) is 2. The number of aromatic nitrogens is 1. The zero-order valence-corrected chi connectivity index (χ0v) is 8.29. The van der Waals surface area contributed by atoms with Crippen molar-refractivity contribution in [2.75, 3.05) is 13.1 Å². The molecule has 0 radical (unpaired) electrons. The van der Waals surface area contributed by atoms with Crippen molar-refractivity contribution in [3.63, 3.8) is 0 Å². The van der Waals surface area contributed by atoms with Crippen LogP contribution < -0.4 is 11.1 Å². The zero-order valence-electron chi connectivity index (χ0n) is 8.29. The number of fused-ring (bicyclic) bond motifs is 1. The number of H-pyrrole nitrogens is 1. The SMILES string of the molecule is NCCNC(=O)c1cccc2[nH]ccc12. The van der Waals surface area contributed by atoms with Crippen LogP contribution in [0.4, 0.5) is 0 Å². The summed E-state index contributed by atoms with van der Waals surface area (Å²) in [6.07, 6.45) is 1.82. The van der Waals surface area contributed by atoms with Crippen LogP contribution in [0.25, 0.3) is 10.9 Å². The van der Waals surface area contributed by atoms with Crippen LogP contribution in [0.1, 0.15) is 10.4 Å². The minimum absolute atomic E-state index is 0.0781. The van der Waals surface area contributed by atoms with Crippen molar-refractivity contribution in [3.05, 3.63) is 36.0 Å². The molecule has 15 heavy (non-hydrogen) atoms. The summed E-state index contributed by atoms with van der Waals surface area (Å²) in [6, 6.07) is 7.50. The van der Waals surface area contributed by atoms with Gasteiger partial charge in [0.25, 0.3) is 5.91 Å². The van der Waals surface area contributed by atoms with Crippen molar-refractivity contribution >= 4 is 16.8 Å². The summed E-state index contributed by atoms with van der Waals surface area (Å²) in [7, 11) is 0. The predicted molar refractivity (Wildman–Crippen MR) is 59.7 cm³/mol. The van der Waals surface area contributed by atoms with Gasteiger partial charge in [-0.05, 0) is 18.2 Å². The number of carbonyl (C=O) groups excluding carboxylic acids is 1. The van der Waals surface area contributed by atoms with E-state index in [1.54, 1.807) is 0 Å². The molecule has 1 amide bonds. The van der Waals surface area contributed by atoms with Gasteiger partial charge in [-0.15, -0.1) is 0 Å². The van der Waals surface area contributed by atoms with E-state index in [0.717, 1.165) is 10.9 Å². The lowest BCUT2D eigenvalue weighted by Crippen LogP contribution is -2.29. The summed E-state index contributed by atoms with van der Waals surface area (Å²) in [4.78, 5) is 14.8. The smallest absolute Gasteiger partial charge is 0.252 e. The summed E-state index contributed by atoms with van der Waals surface area (Å²) < 4.78 is 0. The summed E-state index contributed by atoms with van der Waals surface area (Å²) in [5.41, 5.74) is 6.98. The Hall–Kier alpha value is -1.81. The maximum absolute atomic E-state index is 11.7. The fourth-order valence-electron chi connectivity index (χ4n) is 1.56. The number of nitrogens with two attached hydrogens (primary N) is 1. The van der Waals surface area contributed by atoms with E-state index in [9.17, 15) is 4.79 Å². The topological polar surface area (TPSA) is 70.9 Å². The maximum Gasteiger partial charge on any atom is 0.252 e. The van der Waals surface area contributed by atoms with E-state index in [2.05, 4.69) is 10.3 Å². The number of aromatic amines is 1. The Morgan fingerprint density at radius 1 is 1.40 bits per heavy atom. The average molecular weight is 203 g/mol. The first-order chi connectivity index (χ1) is 7.33. The predicted octanol–water partition coefficient (Wildman–Crippen LogP) is 0.856. The number of amides is 1. The van der Waals surface area contributed by atoms with Crippen LogP contribution in [0, 0.1) is 0 Å². The van der Waals surface area contributed by atoms with Gasteiger partial charge in [0.15, 0.2) is 0 Å². The molecular formula is C11H13N3O. The van der Waals surface area contributed by atoms with Crippen LogP contribution in [-0.2, 0) is 0 Å². The van der Waals surface area contributed by atoms with Gasteiger partial charge in [-0.3, -0.25) is 4.79 Å². The molecule has 0 unspecified atom stereocenters. The first-order valence-electron chi connectivity index (χ1n) is 4.87. The Labute approximate surface area is 87.5 Å². The van der Waals surface area contributed by atoms with E-state index in [4.69, 9.17) is 5.73 Å². The Morgan fingerprint density at radius 3 is 3.07 bits per heavy atom. The van der Waals surface area contributed by atoms with Crippen molar-refractivity contribution in [3.8, 4) is 0 Å². The molecule has 4 N–H and O–H groups in total. The fraction of sp³-hybridized carbons (Fsp3) is 0.182. The molecule has 0 aliphatic carbocycles. The van der Waals surface area contributed by atoms with E-state index >= 15 is 0 Å². The molecule has 1 aromatic heterocycles. The lowest BCUT2D eigenvalue weighted by molar-refractivity contribution is 0.0956. The van der Waals surface area contributed by atoms with Gasteiger partial charge in [-0.2, -0.15) is 0 Å². The van der Waals surface area contributed by atoms with E-state index in [0.29, 0.717) is 18.7 Å². The van der Waals surface area contributed by atoms with E-state index in [1.165, 1.54) is 0 Å². The number of hydrogen-bond donors (Lipinski definition) is 3. The molecule has 1 heterocycles. The Bertz CT molecular complexity index is 475. The monoisotopic (exact) mass is 203 g/mol. The Kier molecular flexibility index (Phi) is 2.69. The molecule has 0 bridgehead atoms. The third-order valence-electron chi connectivity index (χ3n) is 2.27. The highest BCUT2D eigenvalue weighted by molar-refractivity contribution is 6.06. The molecule has 0 atom stereocenters. The van der Waals surface area contributed by atoms with Crippen LogP contribution in [-0.4, -0.2) is 24.0 Å². The molecule has 0 aliphatic heterocycles. The van der Waals surface area contributed by atoms with Gasteiger partial charge in [0, 0.05) is 35.8 Å². The number of nitrogens with one attached hydrogen (secondary N) is 2. The van der Waals surface area contributed by atoms with Crippen molar-refractivity contribution in [1.82, 2.24) is 10.3 Å². The summed E-state index contributed by atoms with van der Waals surface area (Å²) in [6.45, 7) is 0.953. The first-order valence-corrected chi connectivity index (χ1v) is 4.87. The summed E-state index contributed by atoms with van der Waals surface area (Å²) in [5.74, 6) is -0.0781. The molecule has 0 fully saturated rings. The number of benzene rings is 1. The molecule has 0 saturated carbocycles. The zero-order chi connectivity index (χ0) is 10.7. The quantitative estimate of drug-likeness (QED) is 0.692. The lowest BCUT2D eigenvalue weighted by atomic mass is 10.1. The highest BCUT2D eigenvalue weighted by atomic mass is 16.1. The van der Waals surface area contributed by atoms with Crippen molar-refractivity contribution < 1.29 is 4.79 Å². The molecule has 2 aromatic rings. The van der Waals surface area contributed by atoms with Crippen LogP contribution in [0.3, 0.4) is 0 Å². The molecule has 1 aromatic carbocycles. The van der Waals surface area contributed by atoms with Crippen LogP contribution in [0.2, 0.25) is 0 Å². The maximum atomic E-state index is 11.7. The van der Waals surface area contributed by atoms with Gasteiger partial charge in [0.1, 0.15) is 0 Å².